The molecule has 4 rings (SSSR count). The minimum atomic E-state index is 0.337. The Bertz CT molecular complexity index is 866. The summed E-state index contributed by atoms with van der Waals surface area (Å²) >= 11 is 1.56. The molecule has 0 aliphatic carbocycles. The van der Waals surface area contributed by atoms with Crippen LogP contribution < -0.4 is 5.32 Å². The van der Waals surface area contributed by atoms with Gasteiger partial charge in [-0.2, -0.15) is 0 Å². The highest BCUT2D eigenvalue weighted by Crippen LogP contribution is 2.31. The smallest absolute Gasteiger partial charge is 0.211 e. The van der Waals surface area contributed by atoms with Gasteiger partial charge in [-0.15, -0.1) is 10.2 Å². The summed E-state index contributed by atoms with van der Waals surface area (Å²) in [7, 11) is 0. The number of likely N-dealkylation sites (tertiary alicyclic amines) is 1. The fraction of sp³-hybridized carbons (Fsp3) is 0.400. The monoisotopic (exact) mass is 380 g/mol. The lowest BCUT2D eigenvalue weighted by atomic mass is 10.1. The molecule has 3 heterocycles. The van der Waals surface area contributed by atoms with Crippen LogP contribution in [0.2, 0.25) is 0 Å². The van der Waals surface area contributed by atoms with Crippen molar-refractivity contribution in [1.29, 1.82) is 0 Å². The van der Waals surface area contributed by atoms with Crippen LogP contribution in [0.1, 0.15) is 42.1 Å². The van der Waals surface area contributed by atoms with E-state index in [1.807, 2.05) is 6.20 Å². The Balaban J connectivity index is 1.43. The minimum Gasteiger partial charge on any atom is -0.313 e. The Morgan fingerprint density at radius 1 is 1.19 bits per heavy atom. The van der Waals surface area contributed by atoms with E-state index in [4.69, 9.17) is 4.98 Å². The zero-order valence-electron chi connectivity index (χ0n) is 15.5. The van der Waals surface area contributed by atoms with Gasteiger partial charge in [0, 0.05) is 6.54 Å². The number of hydrogen-bond donors (Lipinski definition) is 1. The van der Waals surface area contributed by atoms with Crippen molar-refractivity contribution >= 4 is 22.3 Å². The number of aromatic nitrogens is 4. The van der Waals surface area contributed by atoms with E-state index in [1.54, 1.807) is 17.5 Å². The van der Waals surface area contributed by atoms with Crippen molar-refractivity contribution in [3.05, 3.63) is 59.0 Å². The SMILES string of the molecule is CCc1nnc(Nc2cncc([C@@H]3CCCN3CCc3ccccc3)n2)s1. The molecule has 6 nitrogen and oxygen atoms in total. The van der Waals surface area contributed by atoms with Crippen LogP contribution in [-0.4, -0.2) is 38.2 Å². The molecular formula is C20H24N6S. The highest BCUT2D eigenvalue weighted by Gasteiger charge is 2.27. The highest BCUT2D eigenvalue weighted by atomic mass is 32.1. The summed E-state index contributed by atoms with van der Waals surface area (Å²) in [6, 6.07) is 11.0. The highest BCUT2D eigenvalue weighted by molar-refractivity contribution is 7.15. The van der Waals surface area contributed by atoms with Crippen molar-refractivity contribution < 1.29 is 0 Å². The Morgan fingerprint density at radius 2 is 2.07 bits per heavy atom. The topological polar surface area (TPSA) is 66.8 Å². The van der Waals surface area contributed by atoms with E-state index in [0.29, 0.717) is 6.04 Å². The third-order valence-corrected chi connectivity index (χ3v) is 5.88. The number of rotatable bonds is 7. The van der Waals surface area contributed by atoms with E-state index in [-0.39, 0.29) is 0 Å². The second kappa shape index (κ2) is 8.54. The van der Waals surface area contributed by atoms with Gasteiger partial charge in [0.2, 0.25) is 5.13 Å². The Hall–Kier alpha value is -2.38. The molecule has 7 heteroatoms. The molecule has 0 saturated carbocycles. The van der Waals surface area contributed by atoms with Gasteiger partial charge in [-0.25, -0.2) is 4.98 Å². The molecule has 0 amide bonds. The molecule has 27 heavy (non-hydrogen) atoms. The maximum absolute atomic E-state index is 4.81. The van der Waals surface area contributed by atoms with E-state index in [1.165, 1.54) is 12.0 Å². The predicted molar refractivity (Wildman–Crippen MR) is 108 cm³/mol. The van der Waals surface area contributed by atoms with Gasteiger partial charge in [0.15, 0.2) is 5.82 Å². The Morgan fingerprint density at radius 3 is 2.89 bits per heavy atom. The number of nitrogens with zero attached hydrogens (tertiary/aromatic N) is 5. The normalized spacial score (nSPS) is 17.3. The zero-order chi connectivity index (χ0) is 18.5. The first-order chi connectivity index (χ1) is 13.3. The summed E-state index contributed by atoms with van der Waals surface area (Å²) in [4.78, 5) is 11.8. The standard InChI is InChI=1S/C20H24N6S/c1-2-19-24-25-20(27-19)23-18-14-21-13-16(22-18)17-9-6-11-26(17)12-10-15-7-4-3-5-8-15/h3-5,7-8,13-14,17H,2,6,9-12H2,1H3,(H,22,23,25)/t17-/m0/s1. The van der Waals surface area contributed by atoms with Gasteiger partial charge in [-0.3, -0.25) is 9.88 Å². The molecule has 0 spiro atoms. The van der Waals surface area contributed by atoms with Crippen molar-refractivity contribution in [3.8, 4) is 0 Å². The van der Waals surface area contributed by atoms with E-state index >= 15 is 0 Å². The van der Waals surface area contributed by atoms with Crippen molar-refractivity contribution in [2.45, 2.75) is 38.6 Å². The number of benzene rings is 1. The number of hydrogen-bond acceptors (Lipinski definition) is 7. The van der Waals surface area contributed by atoms with E-state index < -0.39 is 0 Å². The van der Waals surface area contributed by atoms with Crippen molar-refractivity contribution in [1.82, 2.24) is 25.1 Å². The van der Waals surface area contributed by atoms with Gasteiger partial charge < -0.3 is 5.32 Å². The summed E-state index contributed by atoms with van der Waals surface area (Å²) < 4.78 is 0. The van der Waals surface area contributed by atoms with Crippen LogP contribution in [0.25, 0.3) is 0 Å². The molecule has 1 aromatic carbocycles. The van der Waals surface area contributed by atoms with Crippen molar-refractivity contribution in [2.75, 3.05) is 18.4 Å². The minimum absolute atomic E-state index is 0.337. The second-order valence-corrected chi connectivity index (χ2v) is 7.80. The summed E-state index contributed by atoms with van der Waals surface area (Å²) in [6.45, 7) is 4.24. The van der Waals surface area contributed by atoms with Crippen molar-refractivity contribution in [2.24, 2.45) is 0 Å². The molecule has 1 aliphatic rings. The molecule has 1 N–H and O–H groups in total. The van der Waals surface area contributed by atoms with E-state index in [0.717, 1.165) is 54.0 Å². The molecule has 0 bridgehead atoms. The Labute approximate surface area is 163 Å². The lowest BCUT2D eigenvalue weighted by Crippen LogP contribution is -2.26. The van der Waals surface area contributed by atoms with Crippen LogP contribution in [0.15, 0.2) is 42.7 Å². The third-order valence-electron chi connectivity index (χ3n) is 4.89. The maximum atomic E-state index is 4.81. The fourth-order valence-corrected chi connectivity index (χ4v) is 4.19. The summed E-state index contributed by atoms with van der Waals surface area (Å²) in [5.41, 5.74) is 2.42. The first-order valence-electron chi connectivity index (χ1n) is 9.51. The average molecular weight is 381 g/mol. The number of aryl methyl sites for hydroxylation is 1. The van der Waals surface area contributed by atoms with Crippen LogP contribution in [0.3, 0.4) is 0 Å². The van der Waals surface area contributed by atoms with Crippen LogP contribution in [0.5, 0.6) is 0 Å². The molecule has 0 radical (unpaired) electrons. The number of nitrogens with one attached hydrogen (secondary N) is 1. The van der Waals surface area contributed by atoms with Gasteiger partial charge in [0.05, 0.1) is 24.1 Å². The summed E-state index contributed by atoms with van der Waals surface area (Å²) in [5, 5.41) is 13.3. The molecule has 1 saturated heterocycles. The molecule has 1 fully saturated rings. The summed E-state index contributed by atoms with van der Waals surface area (Å²) in [6.07, 6.45) is 7.94. The predicted octanol–water partition coefficient (Wildman–Crippen LogP) is 4.01. The van der Waals surface area contributed by atoms with Gasteiger partial charge in [0.1, 0.15) is 5.01 Å². The van der Waals surface area contributed by atoms with Gasteiger partial charge in [0.25, 0.3) is 0 Å². The first kappa shape index (κ1) is 18.0. The molecule has 1 atom stereocenters. The molecule has 140 valence electrons. The average Bonchev–Trinajstić information content (AvgIpc) is 3.36. The van der Waals surface area contributed by atoms with Gasteiger partial charge in [-0.05, 0) is 37.8 Å². The molecule has 1 aliphatic heterocycles. The van der Waals surface area contributed by atoms with Gasteiger partial charge >= 0.3 is 0 Å². The molecule has 3 aromatic rings. The van der Waals surface area contributed by atoms with E-state index in [2.05, 4.69) is 62.7 Å². The van der Waals surface area contributed by atoms with Crippen molar-refractivity contribution in [3.63, 3.8) is 0 Å². The molecule has 2 aromatic heterocycles. The maximum Gasteiger partial charge on any atom is 0.211 e. The van der Waals surface area contributed by atoms with Crippen LogP contribution in [0.4, 0.5) is 10.9 Å². The lowest BCUT2D eigenvalue weighted by molar-refractivity contribution is 0.256. The summed E-state index contributed by atoms with van der Waals surface area (Å²) in [5.74, 6) is 0.737. The van der Waals surface area contributed by atoms with Crippen LogP contribution >= 0.6 is 11.3 Å². The fourth-order valence-electron chi connectivity index (χ4n) is 3.50. The van der Waals surface area contributed by atoms with Gasteiger partial charge in [-0.1, -0.05) is 48.6 Å². The van der Waals surface area contributed by atoms with Crippen LogP contribution in [-0.2, 0) is 12.8 Å². The third kappa shape index (κ3) is 4.48. The zero-order valence-corrected chi connectivity index (χ0v) is 16.3. The number of anilines is 2. The largest absolute Gasteiger partial charge is 0.313 e. The second-order valence-electron chi connectivity index (χ2n) is 6.74. The quantitative estimate of drug-likeness (QED) is 0.668. The molecule has 0 unspecified atom stereocenters. The lowest BCUT2D eigenvalue weighted by Gasteiger charge is -2.24. The molecular weight excluding hydrogens is 356 g/mol. The first-order valence-corrected chi connectivity index (χ1v) is 10.3. The van der Waals surface area contributed by atoms with Crippen LogP contribution in [0, 0.1) is 0 Å². The van der Waals surface area contributed by atoms with E-state index in [9.17, 15) is 0 Å². The Kier molecular flexibility index (Phi) is 5.69.